The van der Waals surface area contributed by atoms with E-state index in [0.717, 1.165) is 62.2 Å². The van der Waals surface area contributed by atoms with Crippen molar-refractivity contribution in [1.29, 1.82) is 0 Å². The van der Waals surface area contributed by atoms with Gasteiger partial charge >= 0.3 is 0 Å². The van der Waals surface area contributed by atoms with Gasteiger partial charge in [0.15, 0.2) is 0 Å². The minimum absolute atomic E-state index is 0.366. The van der Waals surface area contributed by atoms with Gasteiger partial charge in [-0.15, -0.1) is 0 Å². The van der Waals surface area contributed by atoms with Crippen molar-refractivity contribution in [3.05, 3.63) is 22.8 Å². The molecule has 2 rings (SSSR count). The fraction of sp³-hybridized carbons (Fsp3) is 0.688. The lowest BCUT2D eigenvalue weighted by molar-refractivity contribution is 0.0721. The zero-order valence-corrected chi connectivity index (χ0v) is 13.8. The fourth-order valence-electron chi connectivity index (χ4n) is 2.54. The highest BCUT2D eigenvalue weighted by Gasteiger charge is 2.19. The van der Waals surface area contributed by atoms with E-state index >= 15 is 0 Å². The quantitative estimate of drug-likeness (QED) is 0.796. The predicted molar refractivity (Wildman–Crippen MR) is 88.0 cm³/mol. The Morgan fingerprint density at radius 3 is 2.95 bits per heavy atom. The topological polar surface area (TPSA) is 37.4 Å². The van der Waals surface area contributed by atoms with E-state index in [9.17, 15) is 0 Å². The highest BCUT2D eigenvalue weighted by atomic mass is 35.5. The Bertz CT molecular complexity index is 436. The zero-order valence-electron chi connectivity index (χ0n) is 13.1. The standard InChI is InChI=1S/C16H26ClN3O/c1-3-9-18-16-8-7-14(17)15(19-16)12-20(4-2)11-13-6-5-10-21-13/h7-8,13H,3-6,9-12H2,1-2H3,(H,18,19). The van der Waals surface area contributed by atoms with E-state index in [-0.39, 0.29) is 0 Å². The summed E-state index contributed by atoms with van der Waals surface area (Å²) in [4.78, 5) is 7.00. The third kappa shape index (κ3) is 5.13. The normalized spacial score (nSPS) is 18.4. The van der Waals surface area contributed by atoms with E-state index < -0.39 is 0 Å². The van der Waals surface area contributed by atoms with E-state index in [4.69, 9.17) is 16.3 Å². The van der Waals surface area contributed by atoms with E-state index in [0.29, 0.717) is 6.10 Å². The third-order valence-electron chi connectivity index (χ3n) is 3.78. The van der Waals surface area contributed by atoms with Gasteiger partial charge < -0.3 is 10.1 Å². The molecule has 0 radical (unpaired) electrons. The van der Waals surface area contributed by atoms with Gasteiger partial charge in [-0.1, -0.05) is 25.4 Å². The van der Waals surface area contributed by atoms with E-state index in [1.807, 2.05) is 12.1 Å². The Labute approximate surface area is 132 Å². The monoisotopic (exact) mass is 311 g/mol. The second-order valence-electron chi connectivity index (χ2n) is 5.51. The molecular formula is C16H26ClN3O. The minimum Gasteiger partial charge on any atom is -0.377 e. The summed E-state index contributed by atoms with van der Waals surface area (Å²) in [5, 5.41) is 4.05. The van der Waals surface area contributed by atoms with Gasteiger partial charge in [-0.05, 0) is 37.9 Å². The number of hydrogen-bond donors (Lipinski definition) is 1. The molecule has 5 heteroatoms. The number of hydrogen-bond acceptors (Lipinski definition) is 4. The first-order valence-electron chi connectivity index (χ1n) is 7.96. The molecule has 1 atom stereocenters. The van der Waals surface area contributed by atoms with Crippen molar-refractivity contribution in [2.45, 2.75) is 45.8 Å². The molecule has 1 N–H and O–H groups in total. The maximum Gasteiger partial charge on any atom is 0.126 e. The highest BCUT2D eigenvalue weighted by Crippen LogP contribution is 2.20. The molecule has 0 saturated carbocycles. The van der Waals surface area contributed by atoms with Crippen LogP contribution in [0.5, 0.6) is 0 Å². The highest BCUT2D eigenvalue weighted by molar-refractivity contribution is 6.31. The largest absolute Gasteiger partial charge is 0.377 e. The van der Waals surface area contributed by atoms with E-state index in [2.05, 4.69) is 29.0 Å². The number of halogens is 1. The number of anilines is 1. The number of nitrogens with one attached hydrogen (secondary N) is 1. The maximum absolute atomic E-state index is 6.30. The van der Waals surface area contributed by atoms with Gasteiger partial charge in [-0.2, -0.15) is 0 Å². The first kappa shape index (κ1) is 16.5. The molecule has 0 bridgehead atoms. The second-order valence-corrected chi connectivity index (χ2v) is 5.92. The third-order valence-corrected chi connectivity index (χ3v) is 4.13. The fourth-order valence-corrected chi connectivity index (χ4v) is 2.71. The molecule has 1 unspecified atom stereocenters. The van der Waals surface area contributed by atoms with Crippen LogP contribution in [0.1, 0.15) is 38.8 Å². The summed E-state index contributed by atoms with van der Waals surface area (Å²) in [7, 11) is 0. The molecule has 1 aliphatic rings. The van der Waals surface area contributed by atoms with Gasteiger partial charge in [-0.3, -0.25) is 4.90 Å². The van der Waals surface area contributed by atoms with Gasteiger partial charge in [0.25, 0.3) is 0 Å². The Kier molecular flexibility index (Phi) is 6.74. The Morgan fingerprint density at radius 1 is 1.43 bits per heavy atom. The van der Waals surface area contributed by atoms with Crippen LogP contribution in [-0.4, -0.2) is 42.2 Å². The van der Waals surface area contributed by atoms with Gasteiger partial charge in [0, 0.05) is 26.2 Å². The van der Waals surface area contributed by atoms with E-state index in [1.165, 1.54) is 6.42 Å². The summed E-state index contributed by atoms with van der Waals surface area (Å²) in [5.74, 6) is 0.907. The lowest BCUT2D eigenvalue weighted by Crippen LogP contribution is -2.32. The molecule has 2 heterocycles. The molecule has 0 spiro atoms. The summed E-state index contributed by atoms with van der Waals surface area (Å²) in [6.45, 7) is 8.86. The number of pyridine rings is 1. The lowest BCUT2D eigenvalue weighted by Gasteiger charge is -2.23. The van der Waals surface area contributed by atoms with Crippen molar-refractivity contribution in [1.82, 2.24) is 9.88 Å². The van der Waals surface area contributed by atoms with Crippen molar-refractivity contribution >= 4 is 17.4 Å². The number of aromatic nitrogens is 1. The average Bonchev–Trinajstić information content (AvgIpc) is 3.00. The SMILES string of the molecule is CCCNc1ccc(Cl)c(CN(CC)CC2CCCO2)n1. The molecule has 1 fully saturated rings. The molecular weight excluding hydrogens is 286 g/mol. The van der Waals surface area contributed by atoms with Gasteiger partial charge in [0.1, 0.15) is 5.82 Å². The summed E-state index contributed by atoms with van der Waals surface area (Å²) in [6, 6.07) is 3.87. The van der Waals surface area contributed by atoms with Crippen molar-refractivity contribution in [3.63, 3.8) is 0 Å². The van der Waals surface area contributed by atoms with Crippen LogP contribution in [0.15, 0.2) is 12.1 Å². The van der Waals surface area contributed by atoms with Crippen LogP contribution >= 0.6 is 11.6 Å². The van der Waals surface area contributed by atoms with Crippen LogP contribution in [0.2, 0.25) is 5.02 Å². The number of rotatable bonds is 8. The van der Waals surface area contributed by atoms with Gasteiger partial charge in [0.2, 0.25) is 0 Å². The molecule has 118 valence electrons. The summed E-state index contributed by atoms with van der Waals surface area (Å²) in [5.41, 5.74) is 0.942. The first-order chi connectivity index (χ1) is 10.2. The van der Waals surface area contributed by atoms with Crippen molar-refractivity contribution in [3.8, 4) is 0 Å². The minimum atomic E-state index is 0.366. The predicted octanol–water partition coefficient (Wildman–Crippen LogP) is 3.56. The Morgan fingerprint density at radius 2 is 2.29 bits per heavy atom. The van der Waals surface area contributed by atoms with Crippen molar-refractivity contribution < 1.29 is 4.74 Å². The number of nitrogens with zero attached hydrogens (tertiary/aromatic N) is 2. The number of likely N-dealkylation sites (N-methyl/N-ethyl adjacent to an activating group) is 1. The molecule has 0 aliphatic carbocycles. The smallest absolute Gasteiger partial charge is 0.126 e. The number of ether oxygens (including phenoxy) is 1. The van der Waals surface area contributed by atoms with Crippen LogP contribution in [0.25, 0.3) is 0 Å². The molecule has 0 amide bonds. The van der Waals surface area contributed by atoms with Gasteiger partial charge in [0.05, 0.1) is 16.8 Å². The maximum atomic E-state index is 6.30. The Balaban J connectivity index is 1.97. The van der Waals surface area contributed by atoms with Crippen LogP contribution < -0.4 is 5.32 Å². The summed E-state index contributed by atoms with van der Waals surface area (Å²) in [6.07, 6.45) is 3.79. The summed E-state index contributed by atoms with van der Waals surface area (Å²) < 4.78 is 5.72. The van der Waals surface area contributed by atoms with Crippen LogP contribution in [0, 0.1) is 0 Å². The van der Waals surface area contributed by atoms with Crippen LogP contribution in [-0.2, 0) is 11.3 Å². The molecule has 1 saturated heterocycles. The van der Waals surface area contributed by atoms with E-state index in [1.54, 1.807) is 0 Å². The molecule has 21 heavy (non-hydrogen) atoms. The van der Waals surface area contributed by atoms with Crippen LogP contribution in [0.3, 0.4) is 0 Å². The molecule has 1 aliphatic heterocycles. The van der Waals surface area contributed by atoms with Crippen LogP contribution in [0.4, 0.5) is 5.82 Å². The van der Waals surface area contributed by atoms with Crippen molar-refractivity contribution in [2.24, 2.45) is 0 Å². The van der Waals surface area contributed by atoms with Crippen molar-refractivity contribution in [2.75, 3.05) is 31.6 Å². The molecule has 1 aromatic heterocycles. The lowest BCUT2D eigenvalue weighted by atomic mass is 10.2. The average molecular weight is 312 g/mol. The molecule has 1 aromatic rings. The first-order valence-corrected chi connectivity index (χ1v) is 8.34. The summed E-state index contributed by atoms with van der Waals surface area (Å²) >= 11 is 6.30. The Hall–Kier alpha value is -0.840. The molecule has 0 aromatic carbocycles. The van der Waals surface area contributed by atoms with Gasteiger partial charge in [-0.25, -0.2) is 4.98 Å². The second kappa shape index (κ2) is 8.57. The molecule has 4 nitrogen and oxygen atoms in total. The zero-order chi connectivity index (χ0) is 15.1.